The summed E-state index contributed by atoms with van der Waals surface area (Å²) in [4.78, 5) is 5.11. The summed E-state index contributed by atoms with van der Waals surface area (Å²) in [5.41, 5.74) is 1.55. The SMILES string of the molecule is N#Cc1ccc(C(O)CN2CCCC(N3CCCCCC3)C2)cc1. The number of hydrogen-bond donors (Lipinski definition) is 1. The Morgan fingerprint density at radius 2 is 1.75 bits per heavy atom. The first kappa shape index (κ1) is 17.4. The number of aliphatic hydroxyl groups is 1. The van der Waals surface area contributed by atoms with Gasteiger partial charge < -0.3 is 5.11 Å². The highest BCUT2D eigenvalue weighted by atomic mass is 16.3. The summed E-state index contributed by atoms with van der Waals surface area (Å²) >= 11 is 0. The van der Waals surface area contributed by atoms with E-state index < -0.39 is 6.10 Å². The van der Waals surface area contributed by atoms with Crippen LogP contribution in [0.3, 0.4) is 0 Å². The van der Waals surface area contributed by atoms with Crippen molar-refractivity contribution < 1.29 is 5.11 Å². The lowest BCUT2D eigenvalue weighted by atomic mass is 10.0. The van der Waals surface area contributed by atoms with Crippen LogP contribution in [0, 0.1) is 11.3 Å². The topological polar surface area (TPSA) is 50.5 Å². The number of β-amino-alcohol motifs (C(OH)–C–C–N with tert-alkyl or cyclic N) is 1. The molecule has 0 bridgehead atoms. The van der Waals surface area contributed by atoms with Gasteiger partial charge in [0.15, 0.2) is 0 Å². The molecule has 2 aliphatic rings. The van der Waals surface area contributed by atoms with Crippen LogP contribution in [-0.4, -0.2) is 53.7 Å². The van der Waals surface area contributed by atoms with Crippen molar-refractivity contribution in [2.75, 3.05) is 32.7 Å². The van der Waals surface area contributed by atoms with E-state index in [2.05, 4.69) is 15.9 Å². The smallest absolute Gasteiger partial charge is 0.0991 e. The van der Waals surface area contributed by atoms with Crippen molar-refractivity contribution in [3.05, 3.63) is 35.4 Å². The van der Waals surface area contributed by atoms with E-state index in [-0.39, 0.29) is 0 Å². The molecule has 0 radical (unpaired) electrons. The average molecular weight is 327 g/mol. The molecule has 2 atom stereocenters. The molecule has 3 rings (SSSR count). The van der Waals surface area contributed by atoms with Crippen LogP contribution >= 0.6 is 0 Å². The Bertz CT molecular complexity index is 543. The Morgan fingerprint density at radius 1 is 1.04 bits per heavy atom. The number of likely N-dealkylation sites (tertiary alicyclic amines) is 2. The predicted molar refractivity (Wildman–Crippen MR) is 95.6 cm³/mol. The van der Waals surface area contributed by atoms with E-state index in [1.165, 1.54) is 51.6 Å². The van der Waals surface area contributed by atoms with Crippen molar-refractivity contribution in [2.45, 2.75) is 50.7 Å². The maximum Gasteiger partial charge on any atom is 0.0991 e. The monoisotopic (exact) mass is 327 g/mol. The minimum atomic E-state index is -0.472. The third-order valence-electron chi connectivity index (χ3n) is 5.49. The summed E-state index contributed by atoms with van der Waals surface area (Å²) in [6, 6.07) is 10.1. The molecule has 0 amide bonds. The van der Waals surface area contributed by atoms with Gasteiger partial charge in [-0.3, -0.25) is 9.80 Å². The van der Waals surface area contributed by atoms with Gasteiger partial charge in [-0.1, -0.05) is 25.0 Å². The number of benzene rings is 1. The zero-order chi connectivity index (χ0) is 16.8. The van der Waals surface area contributed by atoms with Gasteiger partial charge in [-0.2, -0.15) is 5.26 Å². The number of nitriles is 1. The minimum Gasteiger partial charge on any atom is -0.387 e. The zero-order valence-electron chi connectivity index (χ0n) is 14.5. The third-order valence-corrected chi connectivity index (χ3v) is 5.49. The number of rotatable bonds is 4. The summed E-state index contributed by atoms with van der Waals surface area (Å²) < 4.78 is 0. The van der Waals surface area contributed by atoms with Crippen molar-refractivity contribution in [2.24, 2.45) is 0 Å². The highest BCUT2D eigenvalue weighted by Crippen LogP contribution is 2.22. The molecule has 0 aromatic heterocycles. The second-order valence-electron chi connectivity index (χ2n) is 7.26. The lowest BCUT2D eigenvalue weighted by Crippen LogP contribution is -2.49. The molecule has 2 saturated heterocycles. The molecule has 1 aromatic carbocycles. The molecular weight excluding hydrogens is 298 g/mol. The lowest BCUT2D eigenvalue weighted by molar-refractivity contribution is 0.0583. The molecule has 130 valence electrons. The van der Waals surface area contributed by atoms with E-state index in [1.54, 1.807) is 12.1 Å². The first-order valence-corrected chi connectivity index (χ1v) is 9.41. The summed E-state index contributed by atoms with van der Waals surface area (Å²) in [6.07, 6.45) is 7.48. The van der Waals surface area contributed by atoms with Gasteiger partial charge >= 0.3 is 0 Å². The molecule has 2 unspecified atom stereocenters. The zero-order valence-corrected chi connectivity index (χ0v) is 14.5. The molecule has 0 saturated carbocycles. The van der Waals surface area contributed by atoms with E-state index in [9.17, 15) is 5.11 Å². The fourth-order valence-corrected chi connectivity index (χ4v) is 4.09. The van der Waals surface area contributed by atoms with Crippen molar-refractivity contribution in [1.29, 1.82) is 5.26 Å². The molecular formula is C20H29N3O. The first-order valence-electron chi connectivity index (χ1n) is 9.41. The number of aliphatic hydroxyl groups excluding tert-OH is 1. The Balaban J connectivity index is 1.55. The van der Waals surface area contributed by atoms with Gasteiger partial charge in [0.2, 0.25) is 0 Å². The van der Waals surface area contributed by atoms with Crippen LogP contribution in [0.5, 0.6) is 0 Å². The normalized spacial score (nSPS) is 24.9. The summed E-state index contributed by atoms with van der Waals surface area (Å²) in [5, 5.41) is 19.4. The second-order valence-corrected chi connectivity index (χ2v) is 7.26. The number of nitrogens with zero attached hydrogens (tertiary/aromatic N) is 3. The van der Waals surface area contributed by atoms with Crippen LogP contribution in [-0.2, 0) is 0 Å². The molecule has 1 aromatic rings. The van der Waals surface area contributed by atoms with Gasteiger partial charge in [0, 0.05) is 19.1 Å². The van der Waals surface area contributed by atoms with Crippen LogP contribution in [0.4, 0.5) is 0 Å². The van der Waals surface area contributed by atoms with Crippen LogP contribution in [0.1, 0.15) is 55.8 Å². The summed E-state index contributed by atoms with van der Waals surface area (Å²) in [7, 11) is 0. The summed E-state index contributed by atoms with van der Waals surface area (Å²) in [6.45, 7) is 5.34. The Hall–Kier alpha value is -1.41. The van der Waals surface area contributed by atoms with Crippen LogP contribution < -0.4 is 0 Å². The number of hydrogen-bond acceptors (Lipinski definition) is 4. The minimum absolute atomic E-state index is 0.472. The second kappa shape index (κ2) is 8.62. The lowest BCUT2D eigenvalue weighted by Gasteiger charge is -2.39. The average Bonchev–Trinajstić information content (AvgIpc) is 2.91. The third kappa shape index (κ3) is 4.57. The molecule has 1 N–H and O–H groups in total. The van der Waals surface area contributed by atoms with Crippen LogP contribution in [0.25, 0.3) is 0 Å². The highest BCUT2D eigenvalue weighted by molar-refractivity contribution is 5.32. The molecule has 4 nitrogen and oxygen atoms in total. The quantitative estimate of drug-likeness (QED) is 0.924. The van der Waals surface area contributed by atoms with Gasteiger partial charge in [0.1, 0.15) is 0 Å². The molecule has 0 aliphatic carbocycles. The van der Waals surface area contributed by atoms with Crippen LogP contribution in [0.2, 0.25) is 0 Å². The Morgan fingerprint density at radius 3 is 2.42 bits per heavy atom. The van der Waals surface area contributed by atoms with E-state index in [1.807, 2.05) is 12.1 Å². The maximum atomic E-state index is 10.5. The summed E-state index contributed by atoms with van der Waals surface area (Å²) in [5.74, 6) is 0. The number of piperidine rings is 1. The van der Waals surface area contributed by atoms with Gasteiger partial charge in [-0.05, 0) is 63.0 Å². The standard InChI is InChI=1S/C20H29N3O/c21-14-17-7-9-18(10-8-17)20(24)16-22-11-5-6-19(15-22)23-12-3-1-2-4-13-23/h7-10,19-20,24H,1-6,11-13,15-16H2. The Kier molecular flexibility index (Phi) is 6.25. The largest absolute Gasteiger partial charge is 0.387 e. The van der Waals surface area contributed by atoms with E-state index >= 15 is 0 Å². The fraction of sp³-hybridized carbons (Fsp3) is 0.650. The van der Waals surface area contributed by atoms with Gasteiger partial charge in [-0.15, -0.1) is 0 Å². The van der Waals surface area contributed by atoms with E-state index in [0.717, 1.165) is 18.7 Å². The highest BCUT2D eigenvalue weighted by Gasteiger charge is 2.26. The Labute approximate surface area is 145 Å². The van der Waals surface area contributed by atoms with E-state index in [4.69, 9.17) is 5.26 Å². The van der Waals surface area contributed by atoms with Crippen molar-refractivity contribution in [1.82, 2.24) is 9.80 Å². The van der Waals surface area contributed by atoms with Gasteiger partial charge in [0.25, 0.3) is 0 Å². The van der Waals surface area contributed by atoms with E-state index in [0.29, 0.717) is 18.2 Å². The van der Waals surface area contributed by atoms with Crippen molar-refractivity contribution >= 4 is 0 Å². The maximum absolute atomic E-state index is 10.5. The molecule has 24 heavy (non-hydrogen) atoms. The van der Waals surface area contributed by atoms with Gasteiger partial charge in [-0.25, -0.2) is 0 Å². The fourth-order valence-electron chi connectivity index (χ4n) is 4.09. The molecule has 2 fully saturated rings. The molecule has 0 spiro atoms. The van der Waals surface area contributed by atoms with Crippen molar-refractivity contribution in [3.63, 3.8) is 0 Å². The molecule has 4 heteroatoms. The van der Waals surface area contributed by atoms with Gasteiger partial charge in [0.05, 0.1) is 17.7 Å². The molecule has 2 heterocycles. The predicted octanol–water partition coefficient (Wildman–Crippen LogP) is 2.93. The first-order chi connectivity index (χ1) is 11.8. The van der Waals surface area contributed by atoms with Crippen LogP contribution in [0.15, 0.2) is 24.3 Å². The van der Waals surface area contributed by atoms with Crippen molar-refractivity contribution in [3.8, 4) is 6.07 Å². The molecule has 2 aliphatic heterocycles.